The van der Waals surface area contributed by atoms with Crippen LogP contribution in [0, 0.1) is 11.3 Å². The summed E-state index contributed by atoms with van der Waals surface area (Å²) in [7, 11) is 0. The fraction of sp³-hybridized carbons (Fsp3) is 0.533. The van der Waals surface area contributed by atoms with E-state index < -0.39 is 11.4 Å². The minimum absolute atomic E-state index is 0.00708. The molecule has 0 bridgehead atoms. The van der Waals surface area contributed by atoms with Gasteiger partial charge in [-0.15, -0.1) is 0 Å². The number of carbonyl (C=O) groups is 2. The Labute approximate surface area is 118 Å². The molecule has 1 aliphatic rings. The van der Waals surface area contributed by atoms with Gasteiger partial charge in [0.2, 0.25) is 5.91 Å². The van der Waals surface area contributed by atoms with Crippen molar-refractivity contribution >= 4 is 11.9 Å². The Morgan fingerprint density at radius 2 is 2.20 bits per heavy atom. The number of amides is 1. The van der Waals surface area contributed by atoms with Crippen LogP contribution in [-0.2, 0) is 16.0 Å². The summed E-state index contributed by atoms with van der Waals surface area (Å²) in [6, 6.07) is 5.45. The minimum atomic E-state index is -0.806. The van der Waals surface area contributed by atoms with Crippen LogP contribution in [0.1, 0.15) is 26.0 Å². The zero-order chi connectivity index (χ0) is 14.8. The van der Waals surface area contributed by atoms with Crippen molar-refractivity contribution in [3.8, 4) is 0 Å². The van der Waals surface area contributed by atoms with Crippen molar-refractivity contribution in [3.05, 3.63) is 30.1 Å². The number of hydrogen-bond acceptors (Lipinski definition) is 3. The number of nitrogens with zero attached hydrogens (tertiary/aromatic N) is 2. The lowest BCUT2D eigenvalue weighted by atomic mass is 9.76. The van der Waals surface area contributed by atoms with Crippen LogP contribution >= 0.6 is 0 Å². The third-order valence-electron chi connectivity index (χ3n) is 4.24. The summed E-state index contributed by atoms with van der Waals surface area (Å²) < 4.78 is 0. The van der Waals surface area contributed by atoms with Gasteiger partial charge in [0, 0.05) is 25.0 Å². The highest BCUT2D eigenvalue weighted by Crippen LogP contribution is 2.38. The third kappa shape index (κ3) is 2.66. The fourth-order valence-corrected chi connectivity index (χ4v) is 2.71. The maximum Gasteiger partial charge on any atom is 0.311 e. The molecule has 0 aromatic carbocycles. The molecule has 1 N–H and O–H groups in total. The van der Waals surface area contributed by atoms with Crippen molar-refractivity contribution in [3.63, 3.8) is 0 Å². The number of pyridine rings is 1. The van der Waals surface area contributed by atoms with E-state index in [2.05, 4.69) is 4.98 Å². The van der Waals surface area contributed by atoms with Gasteiger partial charge in [-0.3, -0.25) is 14.6 Å². The summed E-state index contributed by atoms with van der Waals surface area (Å²) in [6.07, 6.45) is 2.41. The smallest absolute Gasteiger partial charge is 0.311 e. The Hall–Kier alpha value is -1.91. The van der Waals surface area contributed by atoms with Gasteiger partial charge in [0.05, 0.1) is 11.8 Å². The summed E-state index contributed by atoms with van der Waals surface area (Å²) >= 11 is 0. The van der Waals surface area contributed by atoms with Gasteiger partial charge in [0.15, 0.2) is 0 Å². The number of carboxylic acid groups (broad SMARTS) is 1. The molecule has 1 unspecified atom stereocenters. The average molecular weight is 276 g/mol. The maximum absolute atomic E-state index is 12.2. The fourth-order valence-electron chi connectivity index (χ4n) is 2.71. The second-order valence-corrected chi connectivity index (χ2v) is 5.68. The van der Waals surface area contributed by atoms with Crippen LogP contribution in [-0.4, -0.2) is 40.0 Å². The summed E-state index contributed by atoms with van der Waals surface area (Å²) in [5.74, 6) is -0.847. The quantitative estimate of drug-likeness (QED) is 0.906. The molecular formula is C15H20N2O3. The summed E-state index contributed by atoms with van der Waals surface area (Å²) in [5.41, 5.74) is -0.0883. The summed E-state index contributed by atoms with van der Waals surface area (Å²) in [4.78, 5) is 29.6. The molecule has 0 saturated carbocycles. The molecule has 5 heteroatoms. The molecule has 20 heavy (non-hydrogen) atoms. The molecule has 0 spiro atoms. The molecule has 2 rings (SSSR count). The normalized spacial score (nSPS) is 22.2. The van der Waals surface area contributed by atoms with E-state index in [0.717, 1.165) is 5.69 Å². The lowest BCUT2D eigenvalue weighted by Gasteiger charge is -2.28. The monoisotopic (exact) mass is 276 g/mol. The number of rotatable bonds is 4. The van der Waals surface area contributed by atoms with Crippen molar-refractivity contribution in [2.45, 2.75) is 26.7 Å². The van der Waals surface area contributed by atoms with E-state index in [1.165, 1.54) is 0 Å². The number of hydrogen-bond donors (Lipinski definition) is 1. The Morgan fingerprint density at radius 1 is 1.45 bits per heavy atom. The van der Waals surface area contributed by atoms with Crippen LogP contribution in [0.4, 0.5) is 0 Å². The maximum atomic E-state index is 12.2. The molecule has 1 amide bonds. The Balaban J connectivity index is 2.05. The molecule has 1 aromatic rings. The number of aromatic nitrogens is 1. The molecule has 0 aliphatic carbocycles. The van der Waals surface area contributed by atoms with E-state index in [1.807, 2.05) is 19.9 Å². The molecule has 1 aliphatic heterocycles. The first-order chi connectivity index (χ1) is 9.45. The van der Waals surface area contributed by atoms with Crippen LogP contribution in [0.5, 0.6) is 0 Å². The highest BCUT2D eigenvalue weighted by Gasteiger charge is 2.48. The van der Waals surface area contributed by atoms with Crippen LogP contribution in [0.15, 0.2) is 24.4 Å². The van der Waals surface area contributed by atoms with Gasteiger partial charge in [-0.25, -0.2) is 0 Å². The van der Waals surface area contributed by atoms with E-state index in [9.17, 15) is 14.7 Å². The first kappa shape index (κ1) is 14.5. The highest BCUT2D eigenvalue weighted by molar-refractivity contribution is 5.82. The second-order valence-electron chi connectivity index (χ2n) is 5.68. The molecule has 2 heterocycles. The van der Waals surface area contributed by atoms with Gasteiger partial charge < -0.3 is 10.0 Å². The van der Waals surface area contributed by atoms with Gasteiger partial charge in [-0.2, -0.15) is 0 Å². The van der Waals surface area contributed by atoms with E-state index in [-0.39, 0.29) is 18.2 Å². The van der Waals surface area contributed by atoms with Crippen LogP contribution in [0.25, 0.3) is 0 Å². The topological polar surface area (TPSA) is 70.5 Å². The Bertz CT molecular complexity index is 501. The van der Waals surface area contributed by atoms with Gasteiger partial charge in [0.25, 0.3) is 0 Å². The van der Waals surface area contributed by atoms with Gasteiger partial charge in [-0.1, -0.05) is 19.9 Å². The second kappa shape index (κ2) is 5.61. The van der Waals surface area contributed by atoms with E-state index >= 15 is 0 Å². The van der Waals surface area contributed by atoms with E-state index in [0.29, 0.717) is 19.5 Å². The first-order valence-electron chi connectivity index (χ1n) is 6.87. The van der Waals surface area contributed by atoms with Crippen LogP contribution in [0.2, 0.25) is 0 Å². The average Bonchev–Trinajstić information content (AvgIpc) is 2.86. The van der Waals surface area contributed by atoms with Gasteiger partial charge in [0.1, 0.15) is 0 Å². The van der Waals surface area contributed by atoms with Gasteiger partial charge in [-0.05, 0) is 24.5 Å². The molecule has 1 fully saturated rings. The molecule has 5 nitrogen and oxygen atoms in total. The predicted molar refractivity (Wildman–Crippen MR) is 74.0 cm³/mol. The third-order valence-corrected chi connectivity index (χ3v) is 4.24. The summed E-state index contributed by atoms with van der Waals surface area (Å²) in [5, 5.41) is 9.47. The molecule has 108 valence electrons. The number of aliphatic carboxylic acids is 1. The summed E-state index contributed by atoms with van der Waals surface area (Å²) in [6.45, 7) is 4.61. The molecule has 1 aromatic heterocycles. The zero-order valence-corrected chi connectivity index (χ0v) is 11.9. The van der Waals surface area contributed by atoms with Crippen molar-refractivity contribution in [1.29, 1.82) is 0 Å². The molecule has 1 atom stereocenters. The highest BCUT2D eigenvalue weighted by atomic mass is 16.4. The van der Waals surface area contributed by atoms with Crippen molar-refractivity contribution in [2.24, 2.45) is 11.3 Å². The van der Waals surface area contributed by atoms with Gasteiger partial charge >= 0.3 is 5.97 Å². The van der Waals surface area contributed by atoms with Crippen molar-refractivity contribution in [1.82, 2.24) is 9.88 Å². The lowest BCUT2D eigenvalue weighted by Crippen LogP contribution is -2.41. The Morgan fingerprint density at radius 3 is 2.70 bits per heavy atom. The van der Waals surface area contributed by atoms with Crippen molar-refractivity contribution < 1.29 is 14.7 Å². The predicted octanol–water partition coefficient (Wildman–Crippen LogP) is 1.58. The standard InChI is InChI=1S/C15H20N2O3/c1-11(2)15(14(19)20)6-8-17(10-15)13(18)9-12-5-3-4-7-16-12/h3-5,7,11H,6,8-10H2,1-2H3,(H,19,20). The molecule has 0 radical (unpaired) electrons. The molecule has 1 saturated heterocycles. The largest absolute Gasteiger partial charge is 0.481 e. The number of carboxylic acids is 1. The zero-order valence-electron chi connectivity index (χ0n) is 11.9. The van der Waals surface area contributed by atoms with E-state index in [1.54, 1.807) is 23.2 Å². The number of carbonyl (C=O) groups excluding carboxylic acids is 1. The number of likely N-dealkylation sites (tertiary alicyclic amines) is 1. The van der Waals surface area contributed by atoms with Crippen LogP contribution in [0.3, 0.4) is 0 Å². The molecular weight excluding hydrogens is 256 g/mol. The first-order valence-corrected chi connectivity index (χ1v) is 6.87. The SMILES string of the molecule is CC(C)C1(C(=O)O)CCN(C(=O)Cc2ccccn2)C1. The lowest BCUT2D eigenvalue weighted by molar-refractivity contribution is -0.151. The van der Waals surface area contributed by atoms with E-state index in [4.69, 9.17) is 0 Å². The minimum Gasteiger partial charge on any atom is -0.481 e. The Kier molecular flexibility index (Phi) is 4.06. The van der Waals surface area contributed by atoms with Crippen LogP contribution < -0.4 is 0 Å². The van der Waals surface area contributed by atoms with Crippen molar-refractivity contribution in [2.75, 3.05) is 13.1 Å².